The molecule has 1 aliphatic rings. The number of nitrogens with zero attached hydrogens (tertiary/aromatic N) is 1. The Morgan fingerprint density at radius 2 is 2.17 bits per heavy atom. The third-order valence-corrected chi connectivity index (χ3v) is 2.78. The molecular weight excluding hydrogens is 150 g/mol. The lowest BCUT2D eigenvalue weighted by molar-refractivity contribution is 0.0823. The summed E-state index contributed by atoms with van der Waals surface area (Å²) in [5.41, 5.74) is 0. The molecule has 0 radical (unpaired) electrons. The number of hydrogen-bond acceptors (Lipinski definition) is 2. The van der Waals surface area contributed by atoms with E-state index < -0.39 is 0 Å². The van der Waals surface area contributed by atoms with Crippen molar-refractivity contribution in [2.24, 2.45) is 5.92 Å². The Morgan fingerprint density at radius 3 is 2.67 bits per heavy atom. The molecule has 3 unspecified atom stereocenters. The van der Waals surface area contributed by atoms with Gasteiger partial charge in [0, 0.05) is 6.04 Å². The molecule has 0 saturated heterocycles. The van der Waals surface area contributed by atoms with Crippen LogP contribution >= 0.6 is 0 Å². The highest BCUT2D eigenvalue weighted by Crippen LogP contribution is 2.31. The molecule has 1 saturated carbocycles. The summed E-state index contributed by atoms with van der Waals surface area (Å²) in [5.74, 6) is 0.604. The van der Waals surface area contributed by atoms with Crippen LogP contribution < -0.4 is 0 Å². The maximum absolute atomic E-state index is 9.68. The van der Waals surface area contributed by atoms with Gasteiger partial charge >= 0.3 is 0 Å². The van der Waals surface area contributed by atoms with E-state index in [1.54, 1.807) is 0 Å². The average Bonchev–Trinajstić information content (AvgIpc) is 2.32. The normalized spacial score (nSPS) is 35.8. The van der Waals surface area contributed by atoms with Gasteiger partial charge in [-0.25, -0.2) is 0 Å². The van der Waals surface area contributed by atoms with Crippen LogP contribution in [0.4, 0.5) is 0 Å². The van der Waals surface area contributed by atoms with Gasteiger partial charge in [0.25, 0.3) is 0 Å². The van der Waals surface area contributed by atoms with Gasteiger partial charge in [0.1, 0.15) is 0 Å². The largest absolute Gasteiger partial charge is 0.391 e. The molecule has 0 amide bonds. The van der Waals surface area contributed by atoms with Gasteiger partial charge < -0.3 is 10.0 Å². The lowest BCUT2D eigenvalue weighted by Gasteiger charge is -2.27. The summed E-state index contributed by atoms with van der Waals surface area (Å²) in [7, 11) is 4.07. The first kappa shape index (κ1) is 9.75. The highest BCUT2D eigenvalue weighted by molar-refractivity contribution is 4.92. The topological polar surface area (TPSA) is 23.5 Å². The fourth-order valence-electron chi connectivity index (χ4n) is 2.28. The second kappa shape index (κ2) is 4.06. The van der Waals surface area contributed by atoms with E-state index in [2.05, 4.69) is 11.5 Å². The maximum atomic E-state index is 9.68. The third kappa shape index (κ3) is 1.87. The molecule has 2 nitrogen and oxygen atoms in total. The zero-order chi connectivity index (χ0) is 9.14. The van der Waals surface area contributed by atoms with Crippen LogP contribution in [-0.4, -0.2) is 36.2 Å². The molecule has 3 atom stereocenters. The van der Waals surface area contributed by atoms with Gasteiger partial charge in [-0.05, 0) is 39.3 Å². The summed E-state index contributed by atoms with van der Waals surface area (Å²) in [6.07, 6.45) is 4.93. The standard InChI is InChI=1S/C10H19NO/c1-4-5-8-6-7-9(12)10(8)11(2)3/h4,8-10,12H,1,5-7H2,2-3H3. The molecule has 1 aliphatic carbocycles. The van der Waals surface area contributed by atoms with Crippen molar-refractivity contribution < 1.29 is 5.11 Å². The van der Waals surface area contributed by atoms with Crippen LogP contribution in [0.2, 0.25) is 0 Å². The first-order valence-electron chi connectivity index (χ1n) is 4.62. The molecule has 0 aromatic carbocycles. The van der Waals surface area contributed by atoms with Gasteiger partial charge in [0.2, 0.25) is 0 Å². The molecule has 0 spiro atoms. The molecule has 2 heteroatoms. The third-order valence-electron chi connectivity index (χ3n) is 2.78. The molecule has 0 aromatic rings. The quantitative estimate of drug-likeness (QED) is 0.643. The summed E-state index contributed by atoms with van der Waals surface area (Å²) >= 11 is 0. The number of hydrogen-bond donors (Lipinski definition) is 1. The Labute approximate surface area is 74.9 Å². The van der Waals surface area contributed by atoms with Gasteiger partial charge in [0.15, 0.2) is 0 Å². The molecule has 0 heterocycles. The second-order valence-electron chi connectivity index (χ2n) is 3.88. The predicted octanol–water partition coefficient (Wildman–Crippen LogP) is 1.26. The molecule has 1 N–H and O–H groups in total. The van der Waals surface area contributed by atoms with E-state index >= 15 is 0 Å². The van der Waals surface area contributed by atoms with Crippen molar-refractivity contribution in [1.29, 1.82) is 0 Å². The van der Waals surface area contributed by atoms with Crippen molar-refractivity contribution >= 4 is 0 Å². The van der Waals surface area contributed by atoms with Crippen molar-refractivity contribution in [1.82, 2.24) is 4.90 Å². The number of aliphatic hydroxyl groups excluding tert-OH is 1. The van der Waals surface area contributed by atoms with Gasteiger partial charge in [0.05, 0.1) is 6.10 Å². The van der Waals surface area contributed by atoms with Crippen LogP contribution in [0, 0.1) is 5.92 Å². The highest BCUT2D eigenvalue weighted by atomic mass is 16.3. The minimum absolute atomic E-state index is 0.134. The van der Waals surface area contributed by atoms with Crippen molar-refractivity contribution in [3.63, 3.8) is 0 Å². The Kier molecular flexibility index (Phi) is 3.29. The van der Waals surface area contributed by atoms with Gasteiger partial charge in [-0.1, -0.05) is 6.08 Å². The predicted molar refractivity (Wildman–Crippen MR) is 51.0 cm³/mol. The van der Waals surface area contributed by atoms with E-state index in [0.717, 1.165) is 19.3 Å². The Hall–Kier alpha value is -0.340. The zero-order valence-corrected chi connectivity index (χ0v) is 8.03. The maximum Gasteiger partial charge on any atom is 0.0698 e. The molecule has 0 aliphatic heterocycles. The molecule has 0 bridgehead atoms. The van der Waals surface area contributed by atoms with Gasteiger partial charge in [-0.3, -0.25) is 0 Å². The lowest BCUT2D eigenvalue weighted by atomic mass is 9.98. The van der Waals surface area contributed by atoms with E-state index in [0.29, 0.717) is 12.0 Å². The number of likely N-dealkylation sites (N-methyl/N-ethyl adjacent to an activating group) is 1. The van der Waals surface area contributed by atoms with Crippen molar-refractivity contribution in [3.05, 3.63) is 12.7 Å². The van der Waals surface area contributed by atoms with E-state index in [-0.39, 0.29) is 6.10 Å². The zero-order valence-electron chi connectivity index (χ0n) is 8.03. The summed E-state index contributed by atoms with van der Waals surface area (Å²) in [6.45, 7) is 3.74. The fourth-order valence-corrected chi connectivity index (χ4v) is 2.28. The summed E-state index contributed by atoms with van der Waals surface area (Å²) in [4.78, 5) is 2.13. The Morgan fingerprint density at radius 1 is 1.50 bits per heavy atom. The molecule has 12 heavy (non-hydrogen) atoms. The first-order chi connectivity index (χ1) is 5.66. The Bertz CT molecular complexity index is 156. The van der Waals surface area contributed by atoms with Crippen LogP contribution in [0.5, 0.6) is 0 Å². The number of rotatable bonds is 3. The van der Waals surface area contributed by atoms with Crippen LogP contribution in [0.15, 0.2) is 12.7 Å². The van der Waals surface area contributed by atoms with Crippen molar-refractivity contribution in [2.45, 2.75) is 31.4 Å². The van der Waals surface area contributed by atoms with Crippen molar-refractivity contribution in [2.75, 3.05) is 14.1 Å². The van der Waals surface area contributed by atoms with Gasteiger partial charge in [-0.2, -0.15) is 0 Å². The fraction of sp³-hybridized carbons (Fsp3) is 0.800. The van der Waals surface area contributed by atoms with E-state index in [1.165, 1.54) is 0 Å². The lowest BCUT2D eigenvalue weighted by Crippen LogP contribution is -2.39. The second-order valence-corrected chi connectivity index (χ2v) is 3.88. The molecule has 1 fully saturated rings. The highest BCUT2D eigenvalue weighted by Gasteiger charge is 2.35. The van der Waals surface area contributed by atoms with Crippen LogP contribution in [-0.2, 0) is 0 Å². The monoisotopic (exact) mass is 169 g/mol. The van der Waals surface area contributed by atoms with Crippen LogP contribution in [0.25, 0.3) is 0 Å². The number of allylic oxidation sites excluding steroid dienone is 1. The molecular formula is C10H19NO. The van der Waals surface area contributed by atoms with E-state index in [4.69, 9.17) is 0 Å². The van der Waals surface area contributed by atoms with Crippen LogP contribution in [0.1, 0.15) is 19.3 Å². The van der Waals surface area contributed by atoms with Crippen molar-refractivity contribution in [3.8, 4) is 0 Å². The SMILES string of the molecule is C=CCC1CCC(O)C1N(C)C. The molecule has 0 aromatic heterocycles. The summed E-state index contributed by atoms with van der Waals surface area (Å²) in [6, 6.07) is 0.336. The van der Waals surface area contributed by atoms with Gasteiger partial charge in [-0.15, -0.1) is 6.58 Å². The molecule has 1 rings (SSSR count). The Balaban J connectivity index is 2.57. The minimum Gasteiger partial charge on any atom is -0.391 e. The summed E-state index contributed by atoms with van der Waals surface area (Å²) in [5, 5.41) is 9.68. The van der Waals surface area contributed by atoms with E-state index in [9.17, 15) is 5.11 Å². The number of aliphatic hydroxyl groups is 1. The molecule has 70 valence electrons. The summed E-state index contributed by atoms with van der Waals surface area (Å²) < 4.78 is 0. The minimum atomic E-state index is -0.134. The first-order valence-corrected chi connectivity index (χ1v) is 4.62. The van der Waals surface area contributed by atoms with Crippen LogP contribution in [0.3, 0.4) is 0 Å². The van der Waals surface area contributed by atoms with E-state index in [1.807, 2.05) is 20.2 Å². The average molecular weight is 169 g/mol. The smallest absolute Gasteiger partial charge is 0.0698 e.